The summed E-state index contributed by atoms with van der Waals surface area (Å²) in [5.74, 6) is 0. The van der Waals surface area contributed by atoms with Gasteiger partial charge in [0.2, 0.25) is 0 Å². The number of hydrogen-bond donors (Lipinski definition) is 2. The fourth-order valence-corrected chi connectivity index (χ4v) is 3.85. The molecule has 1 aromatic carbocycles. The zero-order chi connectivity index (χ0) is 16.8. The Morgan fingerprint density at radius 3 is 2.54 bits per heavy atom. The summed E-state index contributed by atoms with van der Waals surface area (Å²) in [5, 5.41) is 0. The molecule has 1 aromatic heterocycles. The Kier molecular flexibility index (Phi) is 6.10. The molecule has 3 N–H and O–H groups in total. The summed E-state index contributed by atoms with van der Waals surface area (Å²) in [7, 11) is 0. The van der Waals surface area contributed by atoms with Gasteiger partial charge in [-0.15, -0.1) is 0 Å². The maximum atomic E-state index is 12.3. The van der Waals surface area contributed by atoms with Gasteiger partial charge in [0, 0.05) is 19.1 Å². The van der Waals surface area contributed by atoms with Crippen LogP contribution in [0.5, 0.6) is 0 Å². The Hall–Kier alpha value is -1.59. The molecule has 3 rings (SSSR count). The van der Waals surface area contributed by atoms with Gasteiger partial charge in [-0.1, -0.05) is 31.4 Å². The van der Waals surface area contributed by atoms with Gasteiger partial charge in [-0.3, -0.25) is 4.57 Å². The third-order valence-electron chi connectivity index (χ3n) is 5.22. The van der Waals surface area contributed by atoms with Crippen molar-refractivity contribution in [3.8, 4) is 0 Å². The Morgan fingerprint density at radius 1 is 1.04 bits per heavy atom. The lowest BCUT2D eigenvalue weighted by Gasteiger charge is -2.32. The van der Waals surface area contributed by atoms with Crippen molar-refractivity contribution in [1.29, 1.82) is 0 Å². The van der Waals surface area contributed by atoms with Crippen molar-refractivity contribution in [2.75, 3.05) is 26.2 Å². The van der Waals surface area contributed by atoms with Gasteiger partial charge in [0.15, 0.2) is 0 Å². The van der Waals surface area contributed by atoms with Crippen molar-refractivity contribution in [1.82, 2.24) is 14.5 Å². The van der Waals surface area contributed by atoms with Crippen molar-refractivity contribution in [3.05, 3.63) is 34.7 Å². The number of piperidine rings is 1. The standard InChI is InChI=1S/C19H30N4O/c20-12-6-2-1-3-7-13-22-14-10-16(11-15-22)23-18-9-5-4-8-17(18)21-19(23)24/h4-5,8-9,16H,1-3,6-7,10-15,20H2,(H,21,24). The van der Waals surface area contributed by atoms with E-state index < -0.39 is 0 Å². The van der Waals surface area contributed by atoms with Gasteiger partial charge in [-0.2, -0.15) is 0 Å². The van der Waals surface area contributed by atoms with Crippen LogP contribution in [0.2, 0.25) is 0 Å². The fourth-order valence-electron chi connectivity index (χ4n) is 3.85. The highest BCUT2D eigenvalue weighted by atomic mass is 16.1. The number of hydrogen-bond acceptors (Lipinski definition) is 3. The van der Waals surface area contributed by atoms with Crippen LogP contribution in [0.15, 0.2) is 29.1 Å². The number of likely N-dealkylation sites (tertiary alicyclic amines) is 1. The van der Waals surface area contributed by atoms with Crippen LogP contribution in [0.1, 0.15) is 51.0 Å². The first-order valence-corrected chi connectivity index (χ1v) is 9.41. The summed E-state index contributed by atoms with van der Waals surface area (Å²) in [6.07, 6.45) is 8.44. The molecule has 2 aromatic rings. The summed E-state index contributed by atoms with van der Waals surface area (Å²) in [5.41, 5.74) is 7.55. The second kappa shape index (κ2) is 8.49. The minimum Gasteiger partial charge on any atom is -0.330 e. The van der Waals surface area contributed by atoms with Gasteiger partial charge in [-0.05, 0) is 50.9 Å². The van der Waals surface area contributed by atoms with E-state index in [9.17, 15) is 4.79 Å². The minimum absolute atomic E-state index is 0.0366. The van der Waals surface area contributed by atoms with Crippen LogP contribution in [0, 0.1) is 0 Å². The molecule has 24 heavy (non-hydrogen) atoms. The van der Waals surface area contributed by atoms with Crippen molar-refractivity contribution < 1.29 is 0 Å². The number of aromatic nitrogens is 2. The number of rotatable bonds is 8. The highest BCUT2D eigenvalue weighted by molar-refractivity contribution is 5.75. The number of nitrogens with two attached hydrogens (primary N) is 1. The Morgan fingerprint density at radius 2 is 1.75 bits per heavy atom. The molecule has 132 valence electrons. The fraction of sp³-hybridized carbons (Fsp3) is 0.632. The first kappa shape index (κ1) is 17.2. The number of fused-ring (bicyclic) bond motifs is 1. The molecule has 0 unspecified atom stereocenters. The number of para-hydroxylation sites is 2. The van der Waals surface area contributed by atoms with E-state index in [1.54, 1.807) is 0 Å². The lowest BCUT2D eigenvalue weighted by molar-refractivity contribution is 0.183. The second-order valence-electron chi connectivity index (χ2n) is 6.95. The number of unbranched alkanes of at least 4 members (excludes halogenated alkanes) is 4. The molecule has 1 saturated heterocycles. The van der Waals surface area contributed by atoms with Gasteiger partial charge in [0.05, 0.1) is 11.0 Å². The van der Waals surface area contributed by atoms with Crippen molar-refractivity contribution in [3.63, 3.8) is 0 Å². The van der Waals surface area contributed by atoms with E-state index in [-0.39, 0.29) is 5.69 Å². The Labute approximate surface area is 143 Å². The zero-order valence-corrected chi connectivity index (χ0v) is 14.5. The largest absolute Gasteiger partial charge is 0.330 e. The van der Waals surface area contributed by atoms with Gasteiger partial charge in [0.1, 0.15) is 0 Å². The smallest absolute Gasteiger partial charge is 0.326 e. The van der Waals surface area contributed by atoms with Crippen LogP contribution in [0.25, 0.3) is 11.0 Å². The van der Waals surface area contributed by atoms with Gasteiger partial charge in [-0.25, -0.2) is 4.79 Å². The van der Waals surface area contributed by atoms with E-state index in [4.69, 9.17) is 5.73 Å². The molecular formula is C19H30N4O. The van der Waals surface area contributed by atoms with Crippen LogP contribution >= 0.6 is 0 Å². The predicted octanol–water partition coefficient (Wildman–Crippen LogP) is 2.88. The number of benzene rings is 1. The number of H-pyrrole nitrogens is 1. The lowest BCUT2D eigenvalue weighted by atomic mass is 10.0. The molecule has 1 fully saturated rings. The molecule has 2 heterocycles. The minimum atomic E-state index is 0.0366. The lowest BCUT2D eigenvalue weighted by Crippen LogP contribution is -2.37. The Bertz CT molecular complexity index is 682. The normalized spacial score (nSPS) is 16.9. The van der Waals surface area contributed by atoms with Crippen molar-refractivity contribution in [2.45, 2.75) is 51.0 Å². The van der Waals surface area contributed by atoms with Crippen LogP contribution in [0.4, 0.5) is 0 Å². The first-order chi connectivity index (χ1) is 11.8. The SMILES string of the molecule is NCCCCCCCN1CCC(n2c(=O)[nH]c3ccccc32)CC1. The second-order valence-corrected chi connectivity index (χ2v) is 6.95. The Balaban J connectivity index is 1.48. The first-order valence-electron chi connectivity index (χ1n) is 9.41. The summed E-state index contributed by atoms with van der Waals surface area (Å²) < 4.78 is 1.97. The predicted molar refractivity (Wildman–Crippen MR) is 99.4 cm³/mol. The van der Waals surface area contributed by atoms with Crippen LogP contribution < -0.4 is 11.4 Å². The molecule has 1 aliphatic rings. The maximum Gasteiger partial charge on any atom is 0.326 e. The number of nitrogens with one attached hydrogen (secondary N) is 1. The molecule has 0 amide bonds. The van der Waals surface area contributed by atoms with Crippen LogP contribution in [-0.4, -0.2) is 40.6 Å². The zero-order valence-electron chi connectivity index (χ0n) is 14.5. The van der Waals surface area contributed by atoms with E-state index in [1.807, 2.05) is 28.8 Å². The molecule has 0 bridgehead atoms. The van der Waals surface area contributed by atoms with Crippen LogP contribution in [-0.2, 0) is 0 Å². The molecule has 5 heteroatoms. The highest BCUT2D eigenvalue weighted by Crippen LogP contribution is 2.25. The monoisotopic (exact) mass is 330 g/mol. The average molecular weight is 330 g/mol. The van der Waals surface area contributed by atoms with Crippen molar-refractivity contribution in [2.24, 2.45) is 5.73 Å². The van der Waals surface area contributed by atoms with Crippen LogP contribution in [0.3, 0.4) is 0 Å². The molecule has 5 nitrogen and oxygen atoms in total. The van der Waals surface area contributed by atoms with E-state index in [2.05, 4.69) is 9.88 Å². The summed E-state index contributed by atoms with van der Waals surface area (Å²) >= 11 is 0. The third-order valence-corrected chi connectivity index (χ3v) is 5.22. The number of imidazole rings is 1. The molecule has 0 atom stereocenters. The molecular weight excluding hydrogens is 300 g/mol. The van der Waals surface area contributed by atoms with Gasteiger partial charge >= 0.3 is 5.69 Å². The maximum absolute atomic E-state index is 12.3. The van der Waals surface area contributed by atoms with E-state index in [1.165, 1.54) is 32.2 Å². The quantitative estimate of drug-likeness (QED) is 0.731. The number of nitrogens with zero attached hydrogens (tertiary/aromatic N) is 2. The average Bonchev–Trinajstić information content (AvgIpc) is 2.94. The molecule has 0 aliphatic carbocycles. The molecule has 0 spiro atoms. The third kappa shape index (κ3) is 4.08. The van der Waals surface area contributed by atoms with E-state index >= 15 is 0 Å². The number of aromatic amines is 1. The van der Waals surface area contributed by atoms with Gasteiger partial charge in [0.25, 0.3) is 0 Å². The topological polar surface area (TPSA) is 67.0 Å². The summed E-state index contributed by atoms with van der Waals surface area (Å²) in [6.45, 7) is 4.21. The van der Waals surface area contributed by atoms with E-state index in [0.29, 0.717) is 6.04 Å². The summed E-state index contributed by atoms with van der Waals surface area (Å²) in [6, 6.07) is 8.33. The van der Waals surface area contributed by atoms with E-state index in [0.717, 1.165) is 49.9 Å². The highest BCUT2D eigenvalue weighted by Gasteiger charge is 2.23. The van der Waals surface area contributed by atoms with Gasteiger partial charge < -0.3 is 15.6 Å². The molecule has 0 saturated carbocycles. The molecule has 0 radical (unpaired) electrons. The molecule has 1 aliphatic heterocycles. The van der Waals surface area contributed by atoms with Crippen molar-refractivity contribution >= 4 is 11.0 Å². The summed E-state index contributed by atoms with van der Waals surface area (Å²) in [4.78, 5) is 17.8.